The van der Waals surface area contributed by atoms with E-state index in [1.54, 1.807) is 0 Å². The second-order valence-electron chi connectivity index (χ2n) is 6.26. The van der Waals surface area contributed by atoms with Crippen LogP contribution in [0.4, 0.5) is 5.69 Å². The minimum Gasteiger partial charge on any atom is -0.370 e. The van der Waals surface area contributed by atoms with Gasteiger partial charge in [0.2, 0.25) is 0 Å². The van der Waals surface area contributed by atoms with Gasteiger partial charge < -0.3 is 10.2 Å². The highest BCUT2D eigenvalue weighted by Gasteiger charge is 2.19. The van der Waals surface area contributed by atoms with Crippen LogP contribution in [0.3, 0.4) is 0 Å². The van der Waals surface area contributed by atoms with Gasteiger partial charge in [0.25, 0.3) is 0 Å². The summed E-state index contributed by atoms with van der Waals surface area (Å²) in [5, 5.41) is 3.72. The van der Waals surface area contributed by atoms with Gasteiger partial charge in [-0.15, -0.1) is 0 Å². The standard InChI is InChI=1S/C17H28N2/c1-14(2)10-11-18-16-5-4-12-19(13-16)17-8-6-15(3)7-9-17/h6-9,14,16,18H,4-5,10-13H2,1-3H3. The number of hydrogen-bond acceptors (Lipinski definition) is 2. The van der Waals surface area contributed by atoms with Crippen molar-refractivity contribution in [2.45, 2.75) is 46.1 Å². The van der Waals surface area contributed by atoms with Crippen molar-refractivity contribution >= 4 is 5.69 Å². The molecule has 0 spiro atoms. The first-order valence-electron chi connectivity index (χ1n) is 7.70. The molecule has 1 aromatic rings. The van der Waals surface area contributed by atoms with Crippen LogP contribution < -0.4 is 10.2 Å². The Hall–Kier alpha value is -1.02. The van der Waals surface area contributed by atoms with E-state index in [-0.39, 0.29) is 0 Å². The molecule has 1 fully saturated rings. The number of hydrogen-bond donors (Lipinski definition) is 1. The normalized spacial score (nSPS) is 20.0. The minimum absolute atomic E-state index is 0.661. The Morgan fingerprint density at radius 1 is 1.26 bits per heavy atom. The van der Waals surface area contributed by atoms with Crippen LogP contribution in [0.1, 0.15) is 38.7 Å². The SMILES string of the molecule is Cc1ccc(N2CCCC(NCCC(C)C)C2)cc1. The number of nitrogens with one attached hydrogen (secondary N) is 1. The summed E-state index contributed by atoms with van der Waals surface area (Å²) < 4.78 is 0. The zero-order valence-corrected chi connectivity index (χ0v) is 12.7. The molecule has 0 radical (unpaired) electrons. The highest BCUT2D eigenvalue weighted by molar-refractivity contribution is 5.48. The van der Waals surface area contributed by atoms with Gasteiger partial charge in [0.05, 0.1) is 0 Å². The average molecular weight is 260 g/mol. The lowest BCUT2D eigenvalue weighted by atomic mass is 10.0. The number of aryl methyl sites for hydroxylation is 1. The fourth-order valence-electron chi connectivity index (χ4n) is 2.71. The lowest BCUT2D eigenvalue weighted by Crippen LogP contribution is -2.46. The van der Waals surface area contributed by atoms with Crippen molar-refractivity contribution in [1.82, 2.24) is 5.32 Å². The molecular formula is C17H28N2. The topological polar surface area (TPSA) is 15.3 Å². The number of piperidine rings is 1. The van der Waals surface area contributed by atoms with Gasteiger partial charge in [-0.2, -0.15) is 0 Å². The summed E-state index contributed by atoms with van der Waals surface area (Å²) in [4.78, 5) is 2.52. The van der Waals surface area contributed by atoms with Crippen molar-refractivity contribution in [1.29, 1.82) is 0 Å². The van der Waals surface area contributed by atoms with Crippen molar-refractivity contribution in [2.24, 2.45) is 5.92 Å². The zero-order valence-electron chi connectivity index (χ0n) is 12.7. The Morgan fingerprint density at radius 3 is 2.68 bits per heavy atom. The molecule has 0 aliphatic carbocycles. The van der Waals surface area contributed by atoms with E-state index in [0.29, 0.717) is 6.04 Å². The molecule has 0 saturated carbocycles. The van der Waals surface area contributed by atoms with Crippen LogP contribution in [0.2, 0.25) is 0 Å². The quantitative estimate of drug-likeness (QED) is 0.870. The number of nitrogens with zero attached hydrogens (tertiary/aromatic N) is 1. The second kappa shape index (κ2) is 6.95. The van der Waals surface area contributed by atoms with E-state index in [1.807, 2.05) is 0 Å². The van der Waals surface area contributed by atoms with E-state index in [4.69, 9.17) is 0 Å². The van der Waals surface area contributed by atoms with Gasteiger partial charge in [0.1, 0.15) is 0 Å². The summed E-state index contributed by atoms with van der Waals surface area (Å²) in [5.74, 6) is 0.796. The molecule has 0 amide bonds. The van der Waals surface area contributed by atoms with Gasteiger partial charge in [0.15, 0.2) is 0 Å². The molecule has 106 valence electrons. The fourth-order valence-corrected chi connectivity index (χ4v) is 2.71. The van der Waals surface area contributed by atoms with Crippen LogP contribution in [0, 0.1) is 12.8 Å². The zero-order chi connectivity index (χ0) is 13.7. The Kier molecular flexibility index (Phi) is 5.26. The molecule has 1 aliphatic heterocycles. The van der Waals surface area contributed by atoms with E-state index in [1.165, 1.54) is 37.1 Å². The third-order valence-electron chi connectivity index (χ3n) is 3.98. The predicted octanol–water partition coefficient (Wildman–Crippen LogP) is 3.60. The Labute approximate surface area is 118 Å². The van der Waals surface area contributed by atoms with Crippen LogP contribution in [0.25, 0.3) is 0 Å². The molecule has 1 aliphatic rings. The number of rotatable bonds is 5. The van der Waals surface area contributed by atoms with Gasteiger partial charge in [-0.3, -0.25) is 0 Å². The maximum atomic E-state index is 3.72. The second-order valence-corrected chi connectivity index (χ2v) is 6.26. The predicted molar refractivity (Wildman–Crippen MR) is 83.9 cm³/mol. The van der Waals surface area contributed by atoms with Crippen LogP contribution in [-0.2, 0) is 0 Å². The summed E-state index contributed by atoms with van der Waals surface area (Å²) in [6, 6.07) is 9.60. The van der Waals surface area contributed by atoms with Crippen molar-refractivity contribution in [3.8, 4) is 0 Å². The first kappa shape index (κ1) is 14.4. The van der Waals surface area contributed by atoms with E-state index >= 15 is 0 Å². The summed E-state index contributed by atoms with van der Waals surface area (Å²) in [6.45, 7) is 10.2. The molecule has 1 aromatic carbocycles. The lowest BCUT2D eigenvalue weighted by Gasteiger charge is -2.35. The van der Waals surface area contributed by atoms with E-state index < -0.39 is 0 Å². The minimum atomic E-state index is 0.661. The molecule has 2 heteroatoms. The van der Waals surface area contributed by atoms with Crippen molar-refractivity contribution in [3.63, 3.8) is 0 Å². The maximum Gasteiger partial charge on any atom is 0.0366 e. The lowest BCUT2D eigenvalue weighted by molar-refractivity contribution is 0.406. The Balaban J connectivity index is 1.84. The van der Waals surface area contributed by atoms with Crippen molar-refractivity contribution < 1.29 is 0 Å². The van der Waals surface area contributed by atoms with Crippen molar-refractivity contribution in [2.75, 3.05) is 24.5 Å². The fraction of sp³-hybridized carbons (Fsp3) is 0.647. The van der Waals surface area contributed by atoms with Crippen LogP contribution in [-0.4, -0.2) is 25.7 Å². The Morgan fingerprint density at radius 2 is 2.00 bits per heavy atom. The van der Waals surface area contributed by atoms with Gasteiger partial charge in [-0.25, -0.2) is 0 Å². The van der Waals surface area contributed by atoms with E-state index in [0.717, 1.165) is 19.0 Å². The Bertz CT molecular complexity index is 369. The molecule has 1 atom stereocenters. The molecule has 0 aromatic heterocycles. The monoisotopic (exact) mass is 260 g/mol. The molecule has 1 saturated heterocycles. The van der Waals surface area contributed by atoms with E-state index in [9.17, 15) is 0 Å². The van der Waals surface area contributed by atoms with Crippen LogP contribution in [0.5, 0.6) is 0 Å². The van der Waals surface area contributed by atoms with Gasteiger partial charge >= 0.3 is 0 Å². The molecule has 1 unspecified atom stereocenters. The molecule has 1 N–H and O–H groups in total. The first-order chi connectivity index (χ1) is 9.15. The van der Waals surface area contributed by atoms with Gasteiger partial charge in [-0.05, 0) is 50.8 Å². The van der Waals surface area contributed by atoms with Crippen LogP contribution in [0.15, 0.2) is 24.3 Å². The van der Waals surface area contributed by atoms with Gasteiger partial charge in [0, 0.05) is 24.8 Å². The summed E-state index contributed by atoms with van der Waals surface area (Å²) in [7, 11) is 0. The maximum absolute atomic E-state index is 3.72. The molecule has 2 nitrogen and oxygen atoms in total. The van der Waals surface area contributed by atoms with Gasteiger partial charge in [-0.1, -0.05) is 31.5 Å². The summed E-state index contributed by atoms with van der Waals surface area (Å²) >= 11 is 0. The number of benzene rings is 1. The largest absolute Gasteiger partial charge is 0.370 e. The molecule has 0 bridgehead atoms. The third kappa shape index (κ3) is 4.54. The first-order valence-corrected chi connectivity index (χ1v) is 7.70. The molecular weight excluding hydrogens is 232 g/mol. The molecule has 1 heterocycles. The summed E-state index contributed by atoms with van der Waals surface area (Å²) in [5.41, 5.74) is 2.72. The molecule has 2 rings (SSSR count). The van der Waals surface area contributed by atoms with Crippen LogP contribution >= 0.6 is 0 Å². The number of anilines is 1. The smallest absolute Gasteiger partial charge is 0.0366 e. The third-order valence-corrected chi connectivity index (χ3v) is 3.98. The summed E-state index contributed by atoms with van der Waals surface area (Å²) in [6.07, 6.45) is 3.90. The highest BCUT2D eigenvalue weighted by Crippen LogP contribution is 2.20. The average Bonchev–Trinajstić information content (AvgIpc) is 2.39. The molecule has 19 heavy (non-hydrogen) atoms. The van der Waals surface area contributed by atoms with E-state index in [2.05, 4.69) is 55.3 Å². The highest BCUT2D eigenvalue weighted by atomic mass is 15.2. The van der Waals surface area contributed by atoms with Crippen molar-refractivity contribution in [3.05, 3.63) is 29.8 Å².